The van der Waals surface area contributed by atoms with Gasteiger partial charge < -0.3 is 30.6 Å². The number of carbonyl (C=O) groups is 3. The Kier molecular flexibility index (Phi) is 10.3. The van der Waals surface area contributed by atoms with Crippen LogP contribution in [0.15, 0.2) is 61.1 Å². The van der Waals surface area contributed by atoms with Crippen LogP contribution in [0, 0.1) is 17.6 Å². The van der Waals surface area contributed by atoms with Gasteiger partial charge in [0.15, 0.2) is 5.82 Å². The summed E-state index contributed by atoms with van der Waals surface area (Å²) < 4.78 is 35.8. The van der Waals surface area contributed by atoms with Gasteiger partial charge in [0.05, 0.1) is 25.1 Å². The number of ether oxygens (including phenoxy) is 1. The highest BCUT2D eigenvalue weighted by atomic mass is 19.1. The molecular formula is C31H38F2N6O4. The molecule has 1 unspecified atom stereocenters. The van der Waals surface area contributed by atoms with E-state index in [-0.39, 0.29) is 30.5 Å². The molecule has 43 heavy (non-hydrogen) atoms. The Hall–Kier alpha value is -4.16. The van der Waals surface area contributed by atoms with Crippen molar-refractivity contribution in [1.82, 2.24) is 19.8 Å². The third-order valence-electron chi connectivity index (χ3n) is 7.34. The molecule has 1 fully saturated rings. The normalized spacial score (nSPS) is 15.5. The van der Waals surface area contributed by atoms with Crippen molar-refractivity contribution in [3.8, 4) is 0 Å². The number of piperidine rings is 1. The van der Waals surface area contributed by atoms with Gasteiger partial charge in [-0.3, -0.25) is 14.4 Å². The number of aromatic nitrogens is 2. The van der Waals surface area contributed by atoms with Crippen LogP contribution in [0.5, 0.6) is 0 Å². The van der Waals surface area contributed by atoms with Gasteiger partial charge in [-0.2, -0.15) is 0 Å². The molecule has 0 radical (unpaired) electrons. The first-order chi connectivity index (χ1) is 20.4. The van der Waals surface area contributed by atoms with Crippen LogP contribution >= 0.6 is 0 Å². The van der Waals surface area contributed by atoms with E-state index >= 15 is 0 Å². The molecule has 3 amide bonds. The van der Waals surface area contributed by atoms with Crippen molar-refractivity contribution in [1.29, 1.82) is 0 Å². The van der Waals surface area contributed by atoms with Crippen molar-refractivity contribution in [2.45, 2.75) is 57.8 Å². The topological polar surface area (TPSA) is 132 Å². The Balaban J connectivity index is 1.54. The minimum absolute atomic E-state index is 0.0232. The van der Waals surface area contributed by atoms with E-state index in [1.54, 1.807) is 4.90 Å². The molecule has 0 aliphatic carbocycles. The molecule has 0 bridgehead atoms. The molecule has 10 nitrogen and oxygen atoms in total. The summed E-state index contributed by atoms with van der Waals surface area (Å²) in [5.74, 6) is -2.65. The third-order valence-corrected chi connectivity index (χ3v) is 7.34. The second-order valence-corrected chi connectivity index (χ2v) is 11.5. The van der Waals surface area contributed by atoms with Gasteiger partial charge in [0, 0.05) is 30.9 Å². The lowest BCUT2D eigenvalue weighted by Gasteiger charge is -2.33. The number of anilines is 1. The van der Waals surface area contributed by atoms with E-state index in [1.807, 2.05) is 30.3 Å². The first kappa shape index (κ1) is 31.8. The summed E-state index contributed by atoms with van der Waals surface area (Å²) in [6, 6.07) is 10.1. The number of imidazole rings is 1. The van der Waals surface area contributed by atoms with Crippen LogP contribution in [0.2, 0.25) is 0 Å². The number of nitrogens with one attached hydrogen (secondary N) is 2. The molecule has 1 aliphatic heterocycles. The third kappa shape index (κ3) is 8.45. The first-order valence-corrected chi connectivity index (χ1v) is 14.2. The van der Waals surface area contributed by atoms with Crippen molar-refractivity contribution >= 4 is 23.5 Å². The Morgan fingerprint density at radius 2 is 1.81 bits per heavy atom. The molecule has 2 heterocycles. The molecule has 2 atom stereocenters. The Morgan fingerprint density at radius 3 is 2.47 bits per heavy atom. The molecule has 1 aromatic heterocycles. The van der Waals surface area contributed by atoms with Gasteiger partial charge in [-0.15, -0.1) is 0 Å². The van der Waals surface area contributed by atoms with Gasteiger partial charge in [0.1, 0.15) is 23.7 Å². The maximum atomic E-state index is 15.0. The molecule has 2 aromatic carbocycles. The van der Waals surface area contributed by atoms with E-state index in [1.165, 1.54) is 37.0 Å². The minimum atomic E-state index is -1.25. The predicted molar refractivity (Wildman–Crippen MR) is 157 cm³/mol. The fraction of sp³-hybridized carbons (Fsp3) is 0.419. The van der Waals surface area contributed by atoms with E-state index in [2.05, 4.69) is 22.5 Å². The number of rotatable bonds is 11. The zero-order valence-electron chi connectivity index (χ0n) is 24.6. The highest BCUT2D eigenvalue weighted by Gasteiger charge is 2.33. The van der Waals surface area contributed by atoms with Crippen LogP contribution in [0.3, 0.4) is 0 Å². The number of carbonyl (C=O) groups excluding carboxylic acids is 3. The zero-order chi connectivity index (χ0) is 31.1. The molecule has 4 N–H and O–H groups in total. The highest BCUT2D eigenvalue weighted by molar-refractivity contribution is 5.98. The molecular weight excluding hydrogens is 558 g/mol. The van der Waals surface area contributed by atoms with E-state index in [0.29, 0.717) is 19.0 Å². The van der Waals surface area contributed by atoms with Crippen molar-refractivity contribution < 1.29 is 27.9 Å². The average Bonchev–Trinajstić information content (AvgIpc) is 3.41. The fourth-order valence-electron chi connectivity index (χ4n) is 4.70. The fourth-order valence-corrected chi connectivity index (χ4v) is 4.70. The summed E-state index contributed by atoms with van der Waals surface area (Å²) in [4.78, 5) is 45.5. The van der Waals surface area contributed by atoms with E-state index in [0.717, 1.165) is 30.5 Å². The van der Waals surface area contributed by atoms with E-state index < -0.39 is 41.1 Å². The molecule has 4 rings (SSSR count). The number of benzene rings is 2. The molecule has 0 spiro atoms. The molecule has 12 heteroatoms. The number of likely N-dealkylation sites (tertiary alicyclic amines) is 1. The van der Waals surface area contributed by atoms with Crippen LogP contribution in [-0.4, -0.2) is 63.4 Å². The second-order valence-electron chi connectivity index (χ2n) is 11.5. The summed E-state index contributed by atoms with van der Waals surface area (Å²) in [6.45, 7) is 6.22. The standard InChI is InChI=1S/C31H38F2N6O4/c1-20-11-13-38(14-12-20)29(41)27(23-10-9-22(32)15-24(23)33)39-16-26(35-19-39)37-28(40)25(36-30(42)31(2,3)34)18-43-17-21-7-5-4-6-8-21/h4-10,15-16,19-20,25,27H,11-14,17-18,34H2,1-3H3,(H,36,42)(H,37,40)/t25-,27?/m1/s1. The number of hydrogen-bond acceptors (Lipinski definition) is 6. The number of halogens is 2. The summed E-state index contributed by atoms with van der Waals surface area (Å²) >= 11 is 0. The van der Waals surface area contributed by atoms with E-state index in [9.17, 15) is 23.2 Å². The smallest absolute Gasteiger partial charge is 0.250 e. The van der Waals surface area contributed by atoms with Gasteiger partial charge in [-0.1, -0.05) is 43.3 Å². The van der Waals surface area contributed by atoms with Crippen molar-refractivity contribution in [3.63, 3.8) is 0 Å². The Morgan fingerprint density at radius 1 is 1.12 bits per heavy atom. The van der Waals surface area contributed by atoms with E-state index in [4.69, 9.17) is 10.5 Å². The summed E-state index contributed by atoms with van der Waals surface area (Å²) in [5, 5.41) is 5.25. The summed E-state index contributed by atoms with van der Waals surface area (Å²) in [5.41, 5.74) is 5.53. The van der Waals surface area contributed by atoms with Gasteiger partial charge in [-0.25, -0.2) is 13.8 Å². The molecule has 3 aromatic rings. The number of hydrogen-bond donors (Lipinski definition) is 3. The largest absolute Gasteiger partial charge is 0.374 e. The quantitative estimate of drug-likeness (QED) is 0.311. The lowest BCUT2D eigenvalue weighted by Crippen LogP contribution is -2.56. The lowest BCUT2D eigenvalue weighted by molar-refractivity contribution is -0.135. The molecule has 0 saturated carbocycles. The molecule has 1 aliphatic rings. The van der Waals surface area contributed by atoms with Crippen molar-refractivity contribution in [2.24, 2.45) is 11.7 Å². The van der Waals surface area contributed by atoms with Crippen molar-refractivity contribution in [2.75, 3.05) is 25.0 Å². The maximum absolute atomic E-state index is 15.0. The summed E-state index contributed by atoms with van der Waals surface area (Å²) in [7, 11) is 0. The van der Waals surface area contributed by atoms with Crippen molar-refractivity contribution in [3.05, 3.63) is 83.8 Å². The lowest BCUT2D eigenvalue weighted by atomic mass is 9.97. The zero-order valence-corrected chi connectivity index (χ0v) is 24.6. The minimum Gasteiger partial charge on any atom is -0.374 e. The van der Waals surface area contributed by atoms with Crippen LogP contribution < -0.4 is 16.4 Å². The van der Waals surface area contributed by atoms with Crippen LogP contribution in [0.25, 0.3) is 0 Å². The van der Waals surface area contributed by atoms with Crippen LogP contribution in [0.4, 0.5) is 14.6 Å². The Bertz CT molecular complexity index is 1420. The van der Waals surface area contributed by atoms with Gasteiger partial charge >= 0.3 is 0 Å². The second kappa shape index (κ2) is 13.9. The maximum Gasteiger partial charge on any atom is 0.250 e. The average molecular weight is 597 g/mol. The van der Waals surface area contributed by atoms with Crippen LogP contribution in [0.1, 0.15) is 50.8 Å². The Labute approximate surface area is 249 Å². The number of nitrogens with two attached hydrogens (primary N) is 1. The predicted octanol–water partition coefficient (Wildman–Crippen LogP) is 3.39. The highest BCUT2D eigenvalue weighted by Crippen LogP contribution is 2.28. The molecule has 230 valence electrons. The van der Waals surface area contributed by atoms with Crippen LogP contribution in [-0.2, 0) is 25.7 Å². The number of nitrogens with zero attached hydrogens (tertiary/aromatic N) is 3. The SMILES string of the molecule is CC1CCN(C(=O)C(c2ccc(F)cc2F)n2cnc(NC(=O)[C@@H](COCc3ccccc3)NC(=O)C(C)(C)N)c2)CC1. The first-order valence-electron chi connectivity index (χ1n) is 14.2. The molecule has 1 saturated heterocycles. The van der Waals surface area contributed by atoms with Gasteiger partial charge in [0.25, 0.3) is 5.91 Å². The van der Waals surface area contributed by atoms with Gasteiger partial charge in [-0.05, 0) is 44.2 Å². The monoisotopic (exact) mass is 596 g/mol. The summed E-state index contributed by atoms with van der Waals surface area (Å²) in [6.07, 6.45) is 4.33. The van der Waals surface area contributed by atoms with Gasteiger partial charge in [0.2, 0.25) is 11.8 Å². The number of amides is 3.